The highest BCUT2D eigenvalue weighted by Crippen LogP contribution is 2.18. The summed E-state index contributed by atoms with van der Waals surface area (Å²) in [5, 5.41) is 13.1. The van der Waals surface area contributed by atoms with Gasteiger partial charge in [-0.15, -0.1) is 0 Å². The molecule has 0 radical (unpaired) electrons. The van der Waals surface area contributed by atoms with Crippen LogP contribution in [0.3, 0.4) is 0 Å². The molecule has 1 fully saturated rings. The van der Waals surface area contributed by atoms with Crippen LogP contribution in [-0.2, 0) is 16.1 Å². The van der Waals surface area contributed by atoms with E-state index < -0.39 is 12.0 Å². The molecule has 6 heteroatoms. The van der Waals surface area contributed by atoms with Gasteiger partial charge in [-0.25, -0.2) is 4.79 Å². The molecule has 98 valence electrons. The molecule has 0 aliphatic carbocycles. The van der Waals surface area contributed by atoms with Crippen LogP contribution < -0.4 is 0 Å². The zero-order chi connectivity index (χ0) is 13.0. The maximum atomic E-state index is 12.0. The van der Waals surface area contributed by atoms with E-state index in [4.69, 9.17) is 5.11 Å². The number of carboxylic acids is 1. The number of carbonyl (C=O) groups is 2. The molecule has 6 nitrogen and oxygen atoms in total. The average molecular weight is 251 g/mol. The molecule has 1 aliphatic rings. The molecule has 1 saturated heterocycles. The Bertz CT molecular complexity index is 416. The molecule has 0 saturated carbocycles. The smallest absolute Gasteiger partial charge is 0.326 e. The summed E-state index contributed by atoms with van der Waals surface area (Å²) in [4.78, 5) is 24.6. The van der Waals surface area contributed by atoms with E-state index in [1.165, 1.54) is 4.90 Å². The number of amides is 1. The second-order valence-electron chi connectivity index (χ2n) is 4.46. The van der Waals surface area contributed by atoms with Gasteiger partial charge in [0.25, 0.3) is 0 Å². The van der Waals surface area contributed by atoms with E-state index in [1.54, 1.807) is 23.1 Å². The number of rotatable bonds is 4. The molecule has 2 heterocycles. The number of hydrogen-bond donors (Lipinski definition) is 1. The number of carboxylic acid groups (broad SMARTS) is 1. The summed E-state index contributed by atoms with van der Waals surface area (Å²) in [5.74, 6) is -1.00. The lowest BCUT2D eigenvalue weighted by Gasteiger charge is -2.33. The summed E-state index contributed by atoms with van der Waals surface area (Å²) in [6.07, 6.45) is 6.06. The van der Waals surface area contributed by atoms with Crippen molar-refractivity contribution in [1.29, 1.82) is 0 Å². The summed E-state index contributed by atoms with van der Waals surface area (Å²) in [6.45, 7) is 1.05. The van der Waals surface area contributed by atoms with Crippen LogP contribution >= 0.6 is 0 Å². The van der Waals surface area contributed by atoms with E-state index in [0.29, 0.717) is 25.9 Å². The molecule has 1 N–H and O–H groups in total. The number of likely N-dealkylation sites (tertiary alicyclic amines) is 1. The van der Waals surface area contributed by atoms with Gasteiger partial charge in [0.1, 0.15) is 6.04 Å². The van der Waals surface area contributed by atoms with Crippen molar-refractivity contribution in [3.8, 4) is 0 Å². The fraction of sp³-hybridized carbons (Fsp3) is 0.583. The highest BCUT2D eigenvalue weighted by Gasteiger charge is 2.31. The van der Waals surface area contributed by atoms with Gasteiger partial charge in [-0.2, -0.15) is 5.10 Å². The third kappa shape index (κ3) is 2.88. The van der Waals surface area contributed by atoms with Gasteiger partial charge in [-0.1, -0.05) is 0 Å². The van der Waals surface area contributed by atoms with Crippen molar-refractivity contribution in [3.05, 3.63) is 18.5 Å². The van der Waals surface area contributed by atoms with Crippen molar-refractivity contribution in [1.82, 2.24) is 14.7 Å². The van der Waals surface area contributed by atoms with Gasteiger partial charge < -0.3 is 10.0 Å². The van der Waals surface area contributed by atoms with Gasteiger partial charge in [0.15, 0.2) is 0 Å². The normalized spacial score (nSPS) is 19.8. The summed E-state index contributed by atoms with van der Waals surface area (Å²) < 4.78 is 1.68. The summed E-state index contributed by atoms with van der Waals surface area (Å²) in [7, 11) is 0. The number of carbonyl (C=O) groups excluding carboxylic acids is 1. The van der Waals surface area contributed by atoms with Crippen LogP contribution in [0.4, 0.5) is 0 Å². The van der Waals surface area contributed by atoms with Crippen molar-refractivity contribution < 1.29 is 14.7 Å². The van der Waals surface area contributed by atoms with Gasteiger partial charge in [0.05, 0.1) is 0 Å². The highest BCUT2D eigenvalue weighted by atomic mass is 16.4. The number of aromatic nitrogens is 2. The molecule has 0 aromatic carbocycles. The molecule has 0 bridgehead atoms. The van der Waals surface area contributed by atoms with E-state index in [1.807, 2.05) is 0 Å². The van der Waals surface area contributed by atoms with Crippen LogP contribution in [-0.4, -0.2) is 44.3 Å². The standard InChI is InChI=1S/C12H17N3O3/c16-11(5-9-14-7-3-6-13-14)15-8-2-1-4-10(15)12(17)18/h3,6-7,10H,1-2,4-5,8-9H2,(H,17,18)/t10-/m1/s1. The lowest BCUT2D eigenvalue weighted by molar-refractivity contribution is -0.152. The molecule has 2 rings (SSSR count). The maximum Gasteiger partial charge on any atom is 0.326 e. The molecular formula is C12H17N3O3. The fourth-order valence-electron chi connectivity index (χ4n) is 2.27. The lowest BCUT2D eigenvalue weighted by Crippen LogP contribution is -2.48. The van der Waals surface area contributed by atoms with E-state index in [2.05, 4.69) is 5.10 Å². The largest absolute Gasteiger partial charge is 0.480 e. The Morgan fingerprint density at radius 3 is 2.89 bits per heavy atom. The Morgan fingerprint density at radius 2 is 2.22 bits per heavy atom. The third-order valence-corrected chi connectivity index (χ3v) is 3.22. The van der Waals surface area contributed by atoms with Crippen molar-refractivity contribution in [2.75, 3.05) is 6.54 Å². The Balaban J connectivity index is 1.92. The van der Waals surface area contributed by atoms with Crippen LogP contribution in [0, 0.1) is 0 Å². The van der Waals surface area contributed by atoms with Crippen molar-refractivity contribution in [3.63, 3.8) is 0 Å². The molecular weight excluding hydrogens is 234 g/mol. The van der Waals surface area contributed by atoms with Crippen LogP contribution in [0.15, 0.2) is 18.5 Å². The van der Waals surface area contributed by atoms with E-state index in [-0.39, 0.29) is 5.91 Å². The Hall–Kier alpha value is -1.85. The van der Waals surface area contributed by atoms with Gasteiger partial charge in [0.2, 0.25) is 5.91 Å². The second-order valence-corrected chi connectivity index (χ2v) is 4.46. The molecule has 1 aromatic heterocycles. The fourth-order valence-corrected chi connectivity index (χ4v) is 2.27. The summed E-state index contributed by atoms with van der Waals surface area (Å²) in [6, 6.07) is 1.15. The molecule has 1 aliphatic heterocycles. The number of aliphatic carboxylic acids is 1. The first kappa shape index (κ1) is 12.6. The molecule has 18 heavy (non-hydrogen) atoms. The minimum atomic E-state index is -0.901. The molecule has 1 atom stereocenters. The lowest BCUT2D eigenvalue weighted by atomic mass is 10.0. The third-order valence-electron chi connectivity index (χ3n) is 3.22. The van der Waals surface area contributed by atoms with Crippen molar-refractivity contribution in [2.45, 2.75) is 38.3 Å². The predicted molar refractivity (Wildman–Crippen MR) is 63.8 cm³/mol. The van der Waals surface area contributed by atoms with E-state index >= 15 is 0 Å². The molecule has 0 unspecified atom stereocenters. The van der Waals surface area contributed by atoms with Gasteiger partial charge in [0, 0.05) is 31.9 Å². The van der Waals surface area contributed by atoms with Crippen LogP contribution in [0.5, 0.6) is 0 Å². The molecule has 0 spiro atoms. The Kier molecular flexibility index (Phi) is 3.96. The first-order chi connectivity index (χ1) is 8.68. The van der Waals surface area contributed by atoms with Crippen molar-refractivity contribution >= 4 is 11.9 Å². The molecule has 1 aromatic rings. The summed E-state index contributed by atoms with van der Waals surface area (Å²) >= 11 is 0. The maximum absolute atomic E-state index is 12.0. The van der Waals surface area contributed by atoms with Crippen LogP contribution in [0.2, 0.25) is 0 Å². The average Bonchev–Trinajstić information content (AvgIpc) is 2.89. The van der Waals surface area contributed by atoms with E-state index in [0.717, 1.165) is 12.8 Å². The van der Waals surface area contributed by atoms with E-state index in [9.17, 15) is 9.59 Å². The SMILES string of the molecule is O=C(O)[C@H]1CCCCN1C(=O)CCn1cccn1. The van der Waals surface area contributed by atoms with Crippen molar-refractivity contribution in [2.24, 2.45) is 0 Å². The van der Waals surface area contributed by atoms with Crippen LogP contribution in [0.25, 0.3) is 0 Å². The first-order valence-corrected chi connectivity index (χ1v) is 6.18. The Labute approximate surface area is 105 Å². The number of piperidine rings is 1. The highest BCUT2D eigenvalue weighted by molar-refractivity contribution is 5.83. The number of aryl methyl sites for hydroxylation is 1. The summed E-state index contributed by atoms with van der Waals surface area (Å²) in [5.41, 5.74) is 0. The zero-order valence-corrected chi connectivity index (χ0v) is 10.2. The number of nitrogens with zero attached hydrogens (tertiary/aromatic N) is 3. The number of hydrogen-bond acceptors (Lipinski definition) is 3. The Morgan fingerprint density at radius 1 is 1.39 bits per heavy atom. The first-order valence-electron chi connectivity index (χ1n) is 6.18. The van der Waals surface area contributed by atoms with Gasteiger partial charge >= 0.3 is 5.97 Å². The minimum Gasteiger partial charge on any atom is -0.480 e. The van der Waals surface area contributed by atoms with Crippen LogP contribution in [0.1, 0.15) is 25.7 Å². The minimum absolute atomic E-state index is 0.0994. The quantitative estimate of drug-likeness (QED) is 0.856. The molecule has 1 amide bonds. The topological polar surface area (TPSA) is 75.4 Å². The zero-order valence-electron chi connectivity index (χ0n) is 10.2. The second kappa shape index (κ2) is 5.66. The monoisotopic (exact) mass is 251 g/mol. The van der Waals surface area contributed by atoms with Gasteiger partial charge in [-0.05, 0) is 25.3 Å². The predicted octanol–water partition coefficient (Wildman–Crippen LogP) is 0.739. The van der Waals surface area contributed by atoms with Gasteiger partial charge in [-0.3, -0.25) is 9.48 Å².